The van der Waals surface area contributed by atoms with Gasteiger partial charge in [0.25, 0.3) is 11.5 Å². The van der Waals surface area contributed by atoms with E-state index in [1.807, 2.05) is 13.0 Å². The molecule has 2 aromatic heterocycles. The number of benzene rings is 1. The van der Waals surface area contributed by atoms with E-state index in [1.165, 1.54) is 12.4 Å². The van der Waals surface area contributed by atoms with E-state index in [2.05, 4.69) is 26.3 Å². The van der Waals surface area contributed by atoms with Gasteiger partial charge in [0.05, 0.1) is 17.0 Å². The molecule has 1 saturated carbocycles. The first-order valence-electron chi connectivity index (χ1n) is 14.6. The van der Waals surface area contributed by atoms with E-state index >= 15 is 8.78 Å². The molecule has 40 heavy (non-hydrogen) atoms. The molecule has 0 unspecified atom stereocenters. The molecule has 0 amide bonds. The molecule has 7 rings (SSSR count). The Morgan fingerprint density at radius 2 is 1.90 bits per heavy atom. The standard InChI is InChI=1S/C31H36F2N6O/c1-21-23-7-6-8-24(15-23)31(32,33)11-10-22-16-38(17-22)14-5-3-2-4-9-25-27-26(28(37-21)36-20-35-27)18-39(29(25)40)30(19-34)12-13-30/h6-8,15,18,20-22H,2-5,9-14,16-17H2,1H3,(H,35,36,37)/t21-/m1/s1. The molecule has 1 aliphatic carbocycles. The second kappa shape index (κ2) is 10.5. The second-order valence-electron chi connectivity index (χ2n) is 11.9. The summed E-state index contributed by atoms with van der Waals surface area (Å²) in [6, 6.07) is 8.66. The number of anilines is 1. The quantitative estimate of drug-likeness (QED) is 0.409. The molecule has 0 spiro atoms. The Kier molecular flexibility index (Phi) is 7.07. The first-order valence-corrected chi connectivity index (χ1v) is 14.6. The fourth-order valence-corrected chi connectivity index (χ4v) is 6.26. The van der Waals surface area contributed by atoms with Gasteiger partial charge in [0.15, 0.2) is 0 Å². The molecule has 0 radical (unpaired) electrons. The summed E-state index contributed by atoms with van der Waals surface area (Å²) < 4.78 is 32.1. The van der Waals surface area contributed by atoms with Crippen LogP contribution >= 0.6 is 0 Å². The van der Waals surface area contributed by atoms with Crippen LogP contribution in [0.1, 0.15) is 81.0 Å². The molecule has 1 aromatic carbocycles. The highest BCUT2D eigenvalue weighted by molar-refractivity contribution is 5.90. The molecule has 4 aliphatic rings. The van der Waals surface area contributed by atoms with Crippen molar-refractivity contribution in [3.05, 3.63) is 63.8 Å². The number of halogens is 2. The maximum absolute atomic E-state index is 15.3. The first-order chi connectivity index (χ1) is 19.3. The highest BCUT2D eigenvalue weighted by Crippen LogP contribution is 2.43. The van der Waals surface area contributed by atoms with Crippen molar-refractivity contribution in [2.75, 3.05) is 25.0 Å². The summed E-state index contributed by atoms with van der Waals surface area (Å²) in [6.07, 6.45) is 9.37. The van der Waals surface area contributed by atoms with Crippen LogP contribution in [0.4, 0.5) is 14.6 Å². The number of rotatable bonds is 1. The smallest absolute Gasteiger partial charge is 0.273 e. The summed E-state index contributed by atoms with van der Waals surface area (Å²) in [4.78, 5) is 25.0. The lowest BCUT2D eigenvalue weighted by atomic mass is 9.90. The van der Waals surface area contributed by atoms with Crippen LogP contribution in [0.2, 0.25) is 0 Å². The van der Waals surface area contributed by atoms with E-state index in [4.69, 9.17) is 0 Å². The number of fused-ring (bicyclic) bond motifs is 8. The van der Waals surface area contributed by atoms with E-state index in [-0.39, 0.29) is 23.6 Å². The monoisotopic (exact) mass is 546 g/mol. The highest BCUT2D eigenvalue weighted by atomic mass is 19.3. The van der Waals surface area contributed by atoms with Gasteiger partial charge in [-0.3, -0.25) is 9.36 Å². The number of nitrogens with zero attached hydrogens (tertiary/aromatic N) is 5. The predicted octanol–water partition coefficient (Wildman–Crippen LogP) is 5.90. The van der Waals surface area contributed by atoms with Gasteiger partial charge in [0.2, 0.25) is 0 Å². The maximum atomic E-state index is 15.3. The van der Waals surface area contributed by atoms with Gasteiger partial charge in [-0.25, -0.2) is 18.7 Å². The van der Waals surface area contributed by atoms with Crippen molar-refractivity contribution in [2.24, 2.45) is 5.92 Å². The minimum atomic E-state index is -2.89. The maximum Gasteiger partial charge on any atom is 0.273 e. The van der Waals surface area contributed by atoms with Crippen LogP contribution in [0.25, 0.3) is 10.9 Å². The second-order valence-corrected chi connectivity index (χ2v) is 11.9. The summed E-state index contributed by atoms with van der Waals surface area (Å²) in [5, 5.41) is 14.0. The van der Waals surface area contributed by atoms with Crippen LogP contribution in [-0.4, -0.2) is 39.1 Å². The predicted molar refractivity (Wildman–Crippen MR) is 150 cm³/mol. The fourth-order valence-electron chi connectivity index (χ4n) is 6.26. The normalized spacial score (nSPS) is 26.1. The van der Waals surface area contributed by atoms with Crippen molar-refractivity contribution in [1.29, 1.82) is 5.26 Å². The van der Waals surface area contributed by atoms with Gasteiger partial charge in [-0.1, -0.05) is 31.0 Å². The van der Waals surface area contributed by atoms with E-state index in [0.29, 0.717) is 53.9 Å². The number of nitrogens with one attached hydrogen (secondary N) is 1. The van der Waals surface area contributed by atoms with Crippen LogP contribution in [0, 0.1) is 17.2 Å². The summed E-state index contributed by atoms with van der Waals surface area (Å²) >= 11 is 0. The van der Waals surface area contributed by atoms with Crippen LogP contribution in [-0.2, 0) is 17.9 Å². The number of hydrogen-bond donors (Lipinski definition) is 1. The Balaban J connectivity index is 1.39. The lowest BCUT2D eigenvalue weighted by Crippen LogP contribution is -2.47. The minimum absolute atomic E-state index is 0.0362. The van der Waals surface area contributed by atoms with Crippen molar-refractivity contribution in [1.82, 2.24) is 19.4 Å². The molecule has 2 fully saturated rings. The van der Waals surface area contributed by atoms with Crippen LogP contribution in [0.15, 0.2) is 41.6 Å². The molecule has 9 heteroatoms. The van der Waals surface area contributed by atoms with Gasteiger partial charge in [-0.15, -0.1) is 0 Å². The molecule has 8 bridgehead atoms. The zero-order chi connectivity index (χ0) is 27.9. The van der Waals surface area contributed by atoms with E-state index in [9.17, 15) is 10.1 Å². The number of hydrogen-bond acceptors (Lipinski definition) is 6. The first kappa shape index (κ1) is 26.8. The van der Waals surface area contributed by atoms with Crippen LogP contribution in [0.3, 0.4) is 0 Å². The summed E-state index contributed by atoms with van der Waals surface area (Å²) in [7, 11) is 0. The van der Waals surface area contributed by atoms with Crippen LogP contribution < -0.4 is 10.9 Å². The Bertz CT molecular complexity index is 1500. The molecular formula is C31H36F2N6O. The van der Waals surface area contributed by atoms with Crippen molar-refractivity contribution in [3.8, 4) is 6.07 Å². The number of aromatic nitrogens is 3. The van der Waals surface area contributed by atoms with Crippen molar-refractivity contribution in [3.63, 3.8) is 0 Å². The van der Waals surface area contributed by atoms with Crippen molar-refractivity contribution < 1.29 is 8.78 Å². The largest absolute Gasteiger partial charge is 0.363 e. The minimum Gasteiger partial charge on any atom is -0.363 e. The Morgan fingerprint density at radius 1 is 1.10 bits per heavy atom. The summed E-state index contributed by atoms with van der Waals surface area (Å²) in [6.45, 7) is 4.69. The third-order valence-corrected chi connectivity index (χ3v) is 9.01. The van der Waals surface area contributed by atoms with Crippen molar-refractivity contribution >= 4 is 16.7 Å². The van der Waals surface area contributed by atoms with Gasteiger partial charge in [-0.05, 0) is 69.5 Å². The van der Waals surface area contributed by atoms with E-state index < -0.39 is 11.5 Å². The Morgan fingerprint density at radius 3 is 2.67 bits per heavy atom. The fraction of sp³-hybridized carbons (Fsp3) is 0.548. The molecule has 1 saturated heterocycles. The van der Waals surface area contributed by atoms with Gasteiger partial charge >= 0.3 is 0 Å². The molecule has 3 aromatic rings. The van der Waals surface area contributed by atoms with E-state index in [1.54, 1.807) is 22.9 Å². The number of alkyl halides is 2. The SMILES string of the molecule is C[C@H]1Nc2ncnc3c(c(=O)n(C4(C#N)CC4)cc23)CCCCCCN2CC(CCC(F)(F)c3cccc1c3)C2. The van der Waals surface area contributed by atoms with Gasteiger partial charge in [-0.2, -0.15) is 5.26 Å². The lowest BCUT2D eigenvalue weighted by Gasteiger charge is -2.40. The van der Waals surface area contributed by atoms with Crippen molar-refractivity contribution in [2.45, 2.75) is 82.2 Å². The number of pyridine rings is 1. The third kappa shape index (κ3) is 5.10. The molecular weight excluding hydrogens is 510 g/mol. The summed E-state index contributed by atoms with van der Waals surface area (Å²) in [5.41, 5.74) is 1.01. The highest BCUT2D eigenvalue weighted by Gasteiger charge is 2.46. The number of aryl methyl sites for hydroxylation is 1. The molecule has 5 heterocycles. The third-order valence-electron chi connectivity index (χ3n) is 9.01. The van der Waals surface area contributed by atoms with Gasteiger partial charge in [0, 0.05) is 42.9 Å². The van der Waals surface area contributed by atoms with Crippen LogP contribution in [0.5, 0.6) is 0 Å². The van der Waals surface area contributed by atoms with Gasteiger partial charge in [0.1, 0.15) is 17.7 Å². The molecule has 7 nitrogen and oxygen atoms in total. The lowest BCUT2D eigenvalue weighted by molar-refractivity contribution is -0.0291. The van der Waals surface area contributed by atoms with Gasteiger partial charge < -0.3 is 10.2 Å². The molecule has 3 aliphatic heterocycles. The summed E-state index contributed by atoms with van der Waals surface area (Å²) in [5.74, 6) is -2.03. The topological polar surface area (TPSA) is 86.8 Å². The Hall–Kier alpha value is -3.38. The Labute approximate surface area is 233 Å². The molecule has 1 atom stereocenters. The average Bonchev–Trinajstić information content (AvgIpc) is 3.72. The van der Waals surface area contributed by atoms with E-state index in [0.717, 1.165) is 50.9 Å². The number of nitriles is 1. The molecule has 1 N–H and O–H groups in total. The zero-order valence-corrected chi connectivity index (χ0v) is 23.0. The zero-order valence-electron chi connectivity index (χ0n) is 23.0. The molecule has 210 valence electrons. The average molecular weight is 547 g/mol.